The van der Waals surface area contributed by atoms with Gasteiger partial charge in [-0.15, -0.1) is 11.8 Å². The van der Waals surface area contributed by atoms with Gasteiger partial charge >= 0.3 is 0 Å². The molecule has 124 valence electrons. The summed E-state index contributed by atoms with van der Waals surface area (Å²) in [4.78, 5) is 1.39. The maximum absolute atomic E-state index is 6.32. The van der Waals surface area contributed by atoms with E-state index in [9.17, 15) is 0 Å². The minimum absolute atomic E-state index is 0.0618. The van der Waals surface area contributed by atoms with Gasteiger partial charge in [-0.05, 0) is 74.7 Å². The van der Waals surface area contributed by atoms with Crippen molar-refractivity contribution < 1.29 is 0 Å². The van der Waals surface area contributed by atoms with Crippen LogP contribution in [0.2, 0.25) is 5.02 Å². The quantitative estimate of drug-likeness (QED) is 0.693. The van der Waals surface area contributed by atoms with Crippen LogP contribution < -0.4 is 5.32 Å². The number of fused-ring (bicyclic) bond motifs is 1. The third kappa shape index (κ3) is 2.71. The Kier molecular flexibility index (Phi) is 4.24. The molecule has 0 aromatic heterocycles. The van der Waals surface area contributed by atoms with Gasteiger partial charge in [0.25, 0.3) is 0 Å². The molecule has 2 aliphatic rings. The van der Waals surface area contributed by atoms with E-state index in [-0.39, 0.29) is 4.75 Å². The molecule has 1 saturated heterocycles. The normalized spacial score (nSPS) is 23.5. The highest BCUT2D eigenvalue weighted by Crippen LogP contribution is 2.60. The Bertz CT molecular complexity index is 818. The van der Waals surface area contributed by atoms with Gasteiger partial charge in [0, 0.05) is 9.92 Å². The van der Waals surface area contributed by atoms with E-state index in [1.54, 1.807) is 5.57 Å². The highest BCUT2D eigenvalue weighted by atomic mass is 35.5. The maximum atomic E-state index is 6.32. The molecule has 0 bridgehead atoms. The van der Waals surface area contributed by atoms with Crippen LogP contribution >= 0.6 is 23.4 Å². The van der Waals surface area contributed by atoms with E-state index < -0.39 is 0 Å². The van der Waals surface area contributed by atoms with Crippen molar-refractivity contribution in [2.24, 2.45) is 0 Å². The van der Waals surface area contributed by atoms with E-state index in [1.807, 2.05) is 17.8 Å². The zero-order chi connectivity index (χ0) is 16.7. The molecule has 1 unspecified atom stereocenters. The van der Waals surface area contributed by atoms with Gasteiger partial charge in [-0.1, -0.05) is 47.0 Å². The van der Waals surface area contributed by atoms with Crippen molar-refractivity contribution in [1.29, 1.82) is 0 Å². The van der Waals surface area contributed by atoms with Crippen molar-refractivity contribution in [3.8, 4) is 0 Å². The largest absolute Gasteiger partial charge is 0.316 e. The van der Waals surface area contributed by atoms with Crippen LogP contribution in [0.5, 0.6) is 0 Å². The second-order valence-corrected chi connectivity index (χ2v) is 8.77. The van der Waals surface area contributed by atoms with Crippen LogP contribution in [0.15, 0.2) is 52.9 Å². The maximum Gasteiger partial charge on any atom is 0.0682 e. The molecule has 2 aromatic rings. The first-order valence-corrected chi connectivity index (χ1v) is 9.77. The first-order chi connectivity index (χ1) is 11.6. The van der Waals surface area contributed by atoms with Crippen LogP contribution in [0.4, 0.5) is 0 Å². The number of hydrogen-bond acceptors (Lipinski definition) is 2. The molecule has 1 nitrogen and oxygen atoms in total. The second-order valence-electron chi connectivity index (χ2n) is 6.87. The number of aryl methyl sites for hydroxylation is 1. The highest BCUT2D eigenvalue weighted by Gasteiger charge is 2.42. The van der Waals surface area contributed by atoms with Crippen LogP contribution in [0.25, 0.3) is 5.57 Å². The highest BCUT2D eigenvalue weighted by molar-refractivity contribution is 8.01. The van der Waals surface area contributed by atoms with Gasteiger partial charge in [-0.3, -0.25) is 0 Å². The molecule has 1 atom stereocenters. The Balaban J connectivity index is 1.94. The van der Waals surface area contributed by atoms with Gasteiger partial charge in [-0.2, -0.15) is 0 Å². The van der Waals surface area contributed by atoms with Gasteiger partial charge < -0.3 is 5.32 Å². The molecular weight excluding hydrogens is 334 g/mol. The predicted octanol–water partition coefficient (Wildman–Crippen LogP) is 5.81. The van der Waals surface area contributed by atoms with Crippen LogP contribution in [-0.4, -0.2) is 13.1 Å². The van der Waals surface area contributed by atoms with E-state index in [1.165, 1.54) is 27.2 Å². The molecular formula is C21H22ClNS. The zero-order valence-electron chi connectivity index (χ0n) is 14.2. The fraction of sp³-hybridized carbons (Fsp3) is 0.333. The van der Waals surface area contributed by atoms with E-state index in [0.29, 0.717) is 0 Å². The minimum atomic E-state index is -0.0618. The van der Waals surface area contributed by atoms with E-state index in [0.717, 1.165) is 31.0 Å². The number of hydrogen-bond donors (Lipinski definition) is 1. The topological polar surface area (TPSA) is 12.0 Å². The van der Waals surface area contributed by atoms with Gasteiger partial charge in [0.2, 0.25) is 0 Å². The monoisotopic (exact) mass is 355 g/mol. The lowest BCUT2D eigenvalue weighted by molar-refractivity contribution is 0.607. The molecule has 4 rings (SSSR count). The number of halogens is 1. The number of piperidine rings is 1. The van der Waals surface area contributed by atoms with Crippen molar-refractivity contribution in [2.75, 3.05) is 13.1 Å². The van der Waals surface area contributed by atoms with Gasteiger partial charge in [0.1, 0.15) is 0 Å². The van der Waals surface area contributed by atoms with Gasteiger partial charge in [0.05, 0.1) is 4.75 Å². The lowest BCUT2D eigenvalue weighted by atomic mass is 9.81. The molecule has 1 fully saturated rings. The Hall–Kier alpha value is -1.22. The fourth-order valence-electron chi connectivity index (χ4n) is 3.95. The van der Waals surface area contributed by atoms with Crippen LogP contribution in [0.3, 0.4) is 0 Å². The Labute approximate surface area is 153 Å². The predicted molar refractivity (Wildman–Crippen MR) is 105 cm³/mol. The molecule has 3 heteroatoms. The molecule has 2 aromatic carbocycles. The summed E-state index contributed by atoms with van der Waals surface area (Å²) in [5.74, 6) is 0. The fourth-order valence-corrected chi connectivity index (χ4v) is 5.59. The van der Waals surface area contributed by atoms with Crippen molar-refractivity contribution in [3.63, 3.8) is 0 Å². The molecule has 24 heavy (non-hydrogen) atoms. The van der Waals surface area contributed by atoms with Crippen LogP contribution in [0, 0.1) is 6.92 Å². The smallest absolute Gasteiger partial charge is 0.0682 e. The summed E-state index contributed by atoms with van der Waals surface area (Å²) in [5.41, 5.74) is 7.19. The lowest BCUT2D eigenvalue weighted by Crippen LogP contribution is -2.26. The Morgan fingerprint density at radius 1 is 1.08 bits per heavy atom. The summed E-state index contributed by atoms with van der Waals surface area (Å²) in [6.07, 6.45) is 2.28. The third-order valence-electron chi connectivity index (χ3n) is 5.13. The minimum Gasteiger partial charge on any atom is -0.316 e. The van der Waals surface area contributed by atoms with Gasteiger partial charge in [-0.25, -0.2) is 0 Å². The van der Waals surface area contributed by atoms with E-state index >= 15 is 0 Å². The number of rotatable bonds is 1. The lowest BCUT2D eigenvalue weighted by Gasteiger charge is -2.30. The summed E-state index contributed by atoms with van der Waals surface area (Å²) < 4.78 is -0.0618. The van der Waals surface area contributed by atoms with Crippen molar-refractivity contribution in [3.05, 3.63) is 69.8 Å². The number of nitrogens with one attached hydrogen (secondary N) is 1. The molecule has 0 spiro atoms. The summed E-state index contributed by atoms with van der Waals surface area (Å²) in [6.45, 7) is 6.71. The average molecular weight is 356 g/mol. The molecule has 0 amide bonds. The summed E-state index contributed by atoms with van der Waals surface area (Å²) in [5, 5.41) is 4.30. The standard InChI is InChI=1S/C21H22ClNS/c1-14-6-7-19-18(12-14)20(15-8-10-23-11-9-15)21(2,24-19)16-4-3-5-17(22)13-16/h3-7,12-13,23H,8-11H2,1-2H3. The van der Waals surface area contributed by atoms with Crippen molar-refractivity contribution >= 4 is 28.9 Å². The Morgan fingerprint density at radius 3 is 2.62 bits per heavy atom. The van der Waals surface area contributed by atoms with Crippen LogP contribution in [0.1, 0.15) is 36.5 Å². The summed E-state index contributed by atoms with van der Waals surface area (Å²) >= 11 is 8.29. The van der Waals surface area contributed by atoms with E-state index in [2.05, 4.69) is 55.6 Å². The number of thioether (sulfide) groups is 1. The molecule has 0 radical (unpaired) electrons. The van der Waals surface area contributed by atoms with Crippen molar-refractivity contribution in [2.45, 2.75) is 36.3 Å². The van der Waals surface area contributed by atoms with Crippen LogP contribution in [-0.2, 0) is 4.75 Å². The summed E-state index contributed by atoms with van der Waals surface area (Å²) in [7, 11) is 0. The molecule has 0 saturated carbocycles. The molecule has 2 aliphatic heterocycles. The first kappa shape index (κ1) is 16.3. The Morgan fingerprint density at radius 2 is 1.88 bits per heavy atom. The number of benzene rings is 2. The van der Waals surface area contributed by atoms with E-state index in [4.69, 9.17) is 11.6 Å². The van der Waals surface area contributed by atoms with Gasteiger partial charge in [0.15, 0.2) is 0 Å². The molecule has 2 heterocycles. The first-order valence-electron chi connectivity index (χ1n) is 8.57. The zero-order valence-corrected chi connectivity index (χ0v) is 15.7. The third-order valence-corrected chi connectivity index (χ3v) is 6.79. The SMILES string of the molecule is Cc1ccc2c(c1)C(=C1CCNCC1)C(C)(c1cccc(Cl)c1)S2. The molecule has 1 N–H and O–H groups in total. The molecule has 0 aliphatic carbocycles. The average Bonchev–Trinajstić information content (AvgIpc) is 2.88. The second kappa shape index (κ2) is 6.25. The van der Waals surface area contributed by atoms with Crippen molar-refractivity contribution in [1.82, 2.24) is 5.32 Å². The summed E-state index contributed by atoms with van der Waals surface area (Å²) in [6, 6.07) is 15.3.